The van der Waals surface area contributed by atoms with Gasteiger partial charge in [0, 0.05) is 37.0 Å². The predicted molar refractivity (Wildman–Crippen MR) is 106 cm³/mol. The Bertz CT molecular complexity index is 625. The summed E-state index contributed by atoms with van der Waals surface area (Å²) in [4.78, 5) is 22.0. The molecule has 1 unspecified atom stereocenters. The summed E-state index contributed by atoms with van der Waals surface area (Å²) in [5.41, 5.74) is 1.31. The maximum Gasteiger partial charge on any atom is 0.228 e. The van der Waals surface area contributed by atoms with Crippen molar-refractivity contribution in [2.75, 3.05) is 32.7 Å². The number of piperidine rings is 1. The quantitative estimate of drug-likeness (QED) is 0.801. The molecule has 1 atom stereocenters. The lowest BCUT2D eigenvalue weighted by Crippen LogP contribution is -2.47. The Labute approximate surface area is 162 Å². The van der Waals surface area contributed by atoms with Crippen molar-refractivity contribution in [3.05, 3.63) is 16.1 Å². The van der Waals surface area contributed by atoms with Crippen LogP contribution >= 0.6 is 11.3 Å². The Hall–Kier alpha value is -0.940. The minimum Gasteiger partial charge on any atom is -0.342 e. The molecule has 0 bridgehead atoms. The summed E-state index contributed by atoms with van der Waals surface area (Å²) in [6.07, 6.45) is 11.4. The molecule has 0 radical (unpaired) electrons. The molecule has 1 aromatic rings. The molecule has 26 heavy (non-hydrogen) atoms. The highest BCUT2D eigenvalue weighted by molar-refractivity contribution is 7.09. The highest BCUT2D eigenvalue weighted by Crippen LogP contribution is 2.40. The minimum atomic E-state index is 0.275. The van der Waals surface area contributed by atoms with E-state index in [9.17, 15) is 4.79 Å². The summed E-state index contributed by atoms with van der Waals surface area (Å²) in [5.74, 6) is 1.20. The van der Waals surface area contributed by atoms with Crippen molar-refractivity contribution in [1.29, 1.82) is 0 Å². The topological polar surface area (TPSA) is 36.4 Å². The summed E-state index contributed by atoms with van der Waals surface area (Å²) in [7, 11) is 0. The van der Waals surface area contributed by atoms with Crippen LogP contribution in [0, 0.1) is 18.3 Å². The number of nitrogens with zero attached hydrogens (tertiary/aromatic N) is 3. The number of hydrogen-bond donors (Lipinski definition) is 0. The first kappa shape index (κ1) is 18.4. The van der Waals surface area contributed by atoms with Crippen LogP contribution < -0.4 is 0 Å². The third kappa shape index (κ3) is 4.30. The molecule has 2 aliphatic heterocycles. The van der Waals surface area contributed by atoms with Crippen LogP contribution in [-0.4, -0.2) is 53.4 Å². The van der Waals surface area contributed by atoms with Crippen molar-refractivity contribution in [2.45, 2.75) is 64.7 Å². The fourth-order valence-electron chi connectivity index (χ4n) is 5.44. The van der Waals surface area contributed by atoms with E-state index in [-0.39, 0.29) is 5.91 Å². The van der Waals surface area contributed by atoms with Gasteiger partial charge in [0.15, 0.2) is 0 Å². The van der Waals surface area contributed by atoms with Crippen LogP contribution in [0.1, 0.15) is 62.1 Å². The second-order valence-electron chi connectivity index (χ2n) is 8.94. The Kier molecular flexibility index (Phi) is 5.65. The third-order valence-electron chi connectivity index (χ3n) is 6.77. The fourth-order valence-corrected chi connectivity index (χ4v) is 6.05. The van der Waals surface area contributed by atoms with Gasteiger partial charge >= 0.3 is 0 Å². The summed E-state index contributed by atoms with van der Waals surface area (Å²) < 4.78 is 0. The Morgan fingerprint density at radius 3 is 2.81 bits per heavy atom. The van der Waals surface area contributed by atoms with E-state index in [1.54, 1.807) is 11.3 Å². The third-order valence-corrected chi connectivity index (χ3v) is 7.59. The van der Waals surface area contributed by atoms with E-state index < -0.39 is 0 Å². The van der Waals surface area contributed by atoms with E-state index >= 15 is 0 Å². The molecule has 144 valence electrons. The monoisotopic (exact) mass is 375 g/mol. The zero-order chi connectivity index (χ0) is 18.0. The summed E-state index contributed by atoms with van der Waals surface area (Å²) in [5, 5.41) is 3.09. The molecule has 2 saturated heterocycles. The maximum absolute atomic E-state index is 12.7. The lowest BCUT2D eigenvalue weighted by atomic mass is 9.78. The molecular weight excluding hydrogens is 342 g/mol. The molecule has 1 aromatic heterocycles. The number of aryl methyl sites for hydroxylation is 1. The van der Waals surface area contributed by atoms with Gasteiger partial charge in [0.1, 0.15) is 0 Å². The van der Waals surface area contributed by atoms with Gasteiger partial charge in [0.05, 0.1) is 17.1 Å². The normalized spacial score (nSPS) is 28.1. The molecule has 5 heteroatoms. The van der Waals surface area contributed by atoms with E-state index in [0.717, 1.165) is 29.7 Å². The van der Waals surface area contributed by atoms with Crippen LogP contribution in [0.15, 0.2) is 5.38 Å². The van der Waals surface area contributed by atoms with E-state index in [1.165, 1.54) is 71.0 Å². The van der Waals surface area contributed by atoms with Gasteiger partial charge in [-0.1, -0.05) is 19.3 Å². The number of rotatable bonds is 4. The van der Waals surface area contributed by atoms with Gasteiger partial charge < -0.3 is 9.80 Å². The van der Waals surface area contributed by atoms with Gasteiger partial charge in [0.25, 0.3) is 0 Å². The zero-order valence-corrected chi connectivity index (χ0v) is 17.0. The van der Waals surface area contributed by atoms with Crippen molar-refractivity contribution in [3.63, 3.8) is 0 Å². The van der Waals surface area contributed by atoms with E-state index in [2.05, 4.69) is 14.8 Å². The number of aromatic nitrogens is 1. The molecule has 4 nitrogen and oxygen atoms in total. The minimum absolute atomic E-state index is 0.275. The first-order valence-electron chi connectivity index (χ1n) is 10.5. The Morgan fingerprint density at radius 2 is 2.04 bits per heavy atom. The molecule has 1 saturated carbocycles. The fraction of sp³-hybridized carbons (Fsp3) is 0.810. The standard InChI is InChI=1S/C21H33N3OS/c1-17-22-19(14-26-17)12-20(25)24-11-9-21(16-24)8-5-10-23(15-21)13-18-6-3-2-4-7-18/h14,18H,2-13,15-16H2,1H3. The zero-order valence-electron chi connectivity index (χ0n) is 16.2. The van der Waals surface area contributed by atoms with Crippen LogP contribution in [0.4, 0.5) is 0 Å². The number of thiazole rings is 1. The van der Waals surface area contributed by atoms with Gasteiger partial charge in [-0.05, 0) is 51.5 Å². The number of amides is 1. The van der Waals surface area contributed by atoms with Gasteiger partial charge in [-0.25, -0.2) is 4.98 Å². The van der Waals surface area contributed by atoms with E-state index in [0.29, 0.717) is 11.8 Å². The predicted octanol–water partition coefficient (Wildman–Crippen LogP) is 3.89. The molecule has 0 N–H and O–H groups in total. The second kappa shape index (κ2) is 7.97. The van der Waals surface area contributed by atoms with Crippen LogP contribution in [-0.2, 0) is 11.2 Å². The van der Waals surface area contributed by atoms with Crippen molar-refractivity contribution in [1.82, 2.24) is 14.8 Å². The highest BCUT2D eigenvalue weighted by atomic mass is 32.1. The van der Waals surface area contributed by atoms with Gasteiger partial charge in [-0.3, -0.25) is 4.79 Å². The first-order valence-corrected chi connectivity index (χ1v) is 11.4. The second-order valence-corrected chi connectivity index (χ2v) is 10.0. The average Bonchev–Trinajstić information content (AvgIpc) is 3.22. The lowest BCUT2D eigenvalue weighted by molar-refractivity contribution is -0.130. The highest BCUT2D eigenvalue weighted by Gasteiger charge is 2.42. The SMILES string of the molecule is Cc1nc(CC(=O)N2CCC3(CCCN(CC4CCCCC4)C3)C2)cs1. The van der Waals surface area contributed by atoms with Gasteiger partial charge in [0.2, 0.25) is 5.91 Å². The van der Waals surface area contributed by atoms with Gasteiger partial charge in [-0.2, -0.15) is 0 Å². The molecule has 0 aromatic carbocycles. The molecule has 1 amide bonds. The van der Waals surface area contributed by atoms with E-state index in [4.69, 9.17) is 0 Å². The molecule has 1 aliphatic carbocycles. The molecule has 1 spiro atoms. The van der Waals surface area contributed by atoms with Crippen molar-refractivity contribution >= 4 is 17.2 Å². The molecule has 3 heterocycles. The summed E-state index contributed by atoms with van der Waals surface area (Å²) in [6.45, 7) is 7.70. The number of hydrogen-bond acceptors (Lipinski definition) is 4. The number of likely N-dealkylation sites (tertiary alicyclic amines) is 2. The van der Waals surface area contributed by atoms with Crippen LogP contribution in [0.25, 0.3) is 0 Å². The van der Waals surface area contributed by atoms with Crippen LogP contribution in [0.2, 0.25) is 0 Å². The Balaban J connectivity index is 1.31. The lowest BCUT2D eigenvalue weighted by Gasteiger charge is -2.42. The maximum atomic E-state index is 12.7. The van der Waals surface area contributed by atoms with Crippen molar-refractivity contribution in [2.24, 2.45) is 11.3 Å². The molecule has 3 aliphatic rings. The average molecular weight is 376 g/mol. The smallest absolute Gasteiger partial charge is 0.228 e. The number of carbonyl (C=O) groups is 1. The van der Waals surface area contributed by atoms with Crippen LogP contribution in [0.5, 0.6) is 0 Å². The first-order chi connectivity index (χ1) is 12.6. The van der Waals surface area contributed by atoms with Crippen molar-refractivity contribution < 1.29 is 4.79 Å². The molecular formula is C21H33N3OS. The summed E-state index contributed by atoms with van der Waals surface area (Å²) >= 11 is 1.64. The largest absolute Gasteiger partial charge is 0.342 e. The Morgan fingerprint density at radius 1 is 1.19 bits per heavy atom. The number of carbonyl (C=O) groups excluding carboxylic acids is 1. The molecule has 4 rings (SSSR count). The van der Waals surface area contributed by atoms with E-state index in [1.807, 2.05) is 12.3 Å². The van der Waals surface area contributed by atoms with Crippen molar-refractivity contribution in [3.8, 4) is 0 Å². The molecule has 3 fully saturated rings. The summed E-state index contributed by atoms with van der Waals surface area (Å²) in [6, 6.07) is 0. The van der Waals surface area contributed by atoms with Gasteiger partial charge in [-0.15, -0.1) is 11.3 Å². The van der Waals surface area contributed by atoms with Crippen LogP contribution in [0.3, 0.4) is 0 Å².